The number of hydrogen-bond donors (Lipinski definition) is 1. The Hall–Kier alpha value is -0.340. The maximum Gasteiger partial charge on any atom is 0.0969 e. The van der Waals surface area contributed by atoms with Crippen molar-refractivity contribution in [3.8, 4) is 0 Å². The fraction of sp³-hybridized carbons (Fsp3) is 0.714. The molecule has 54 valence electrons. The quantitative estimate of drug-likeness (QED) is 0.341. The fourth-order valence-electron chi connectivity index (χ4n) is 0.397. The molecule has 2 nitrogen and oxygen atoms in total. The van der Waals surface area contributed by atoms with Gasteiger partial charge in [0, 0.05) is 0 Å². The van der Waals surface area contributed by atoms with Crippen LogP contribution in [0.25, 0.3) is 0 Å². The lowest BCUT2D eigenvalue weighted by Crippen LogP contribution is -2.16. The van der Waals surface area contributed by atoms with E-state index < -0.39 is 0 Å². The summed E-state index contributed by atoms with van der Waals surface area (Å²) in [6, 6.07) is 0. The molecule has 0 aliphatic heterocycles. The van der Waals surface area contributed by atoms with Crippen LogP contribution < -0.4 is 5.32 Å². The molecule has 0 aliphatic carbocycles. The van der Waals surface area contributed by atoms with Crippen LogP contribution in [0.5, 0.6) is 0 Å². The molecule has 0 aromatic rings. The van der Waals surface area contributed by atoms with Crippen molar-refractivity contribution in [3.63, 3.8) is 0 Å². The van der Waals surface area contributed by atoms with Crippen molar-refractivity contribution in [3.05, 3.63) is 12.2 Å². The Morgan fingerprint density at radius 2 is 2.33 bits per heavy atom. The highest BCUT2D eigenvalue weighted by atomic mass is 16.5. The van der Waals surface area contributed by atoms with Crippen molar-refractivity contribution in [2.24, 2.45) is 0 Å². The lowest BCUT2D eigenvalue weighted by atomic mass is 10.6. The van der Waals surface area contributed by atoms with Crippen molar-refractivity contribution in [2.45, 2.75) is 13.8 Å². The Kier molecular flexibility index (Phi) is 7.37. The van der Waals surface area contributed by atoms with Gasteiger partial charge in [-0.3, -0.25) is 5.32 Å². The van der Waals surface area contributed by atoms with Gasteiger partial charge in [0.2, 0.25) is 0 Å². The molecule has 1 N–H and O–H groups in total. The SMILES string of the molecule is CC=CCOCNCC. The van der Waals surface area contributed by atoms with Crippen LogP contribution in [0, 0.1) is 0 Å². The maximum absolute atomic E-state index is 5.12. The van der Waals surface area contributed by atoms with Gasteiger partial charge in [0.05, 0.1) is 13.3 Å². The third-order valence-corrected chi connectivity index (χ3v) is 0.904. The second-order valence-electron chi connectivity index (χ2n) is 1.69. The molecule has 0 amide bonds. The van der Waals surface area contributed by atoms with Gasteiger partial charge in [-0.05, 0) is 13.5 Å². The van der Waals surface area contributed by atoms with Gasteiger partial charge in [0.15, 0.2) is 0 Å². The second-order valence-corrected chi connectivity index (χ2v) is 1.69. The Morgan fingerprint density at radius 1 is 1.56 bits per heavy atom. The molecule has 0 spiro atoms. The lowest BCUT2D eigenvalue weighted by Gasteiger charge is -1.99. The molecule has 0 rings (SSSR count). The molecule has 0 bridgehead atoms. The van der Waals surface area contributed by atoms with Crippen LogP contribution in [-0.4, -0.2) is 19.9 Å². The van der Waals surface area contributed by atoms with Crippen molar-refractivity contribution in [1.29, 1.82) is 0 Å². The summed E-state index contributed by atoms with van der Waals surface area (Å²) in [5.41, 5.74) is 0. The van der Waals surface area contributed by atoms with Crippen LogP contribution >= 0.6 is 0 Å². The van der Waals surface area contributed by atoms with Gasteiger partial charge in [-0.15, -0.1) is 0 Å². The first-order valence-electron chi connectivity index (χ1n) is 3.31. The van der Waals surface area contributed by atoms with E-state index in [1.807, 2.05) is 19.1 Å². The Bertz CT molecular complexity index is 71.3. The fourth-order valence-corrected chi connectivity index (χ4v) is 0.397. The van der Waals surface area contributed by atoms with Gasteiger partial charge in [-0.25, -0.2) is 0 Å². The normalized spacial score (nSPS) is 10.9. The minimum atomic E-state index is 0.654. The van der Waals surface area contributed by atoms with Crippen molar-refractivity contribution < 1.29 is 4.74 Å². The van der Waals surface area contributed by atoms with E-state index in [1.54, 1.807) is 0 Å². The summed E-state index contributed by atoms with van der Waals surface area (Å²) in [6.45, 7) is 6.37. The Balaban J connectivity index is 2.75. The van der Waals surface area contributed by atoms with Crippen LogP contribution in [0.1, 0.15) is 13.8 Å². The molecule has 9 heavy (non-hydrogen) atoms. The average molecular weight is 129 g/mol. The zero-order valence-corrected chi connectivity index (χ0v) is 6.18. The summed E-state index contributed by atoms with van der Waals surface area (Å²) < 4.78 is 5.12. The first-order chi connectivity index (χ1) is 4.41. The topological polar surface area (TPSA) is 21.3 Å². The predicted octanol–water partition coefficient (Wildman–Crippen LogP) is 1.15. The zero-order valence-electron chi connectivity index (χ0n) is 6.18. The Labute approximate surface area is 56.9 Å². The van der Waals surface area contributed by atoms with Crippen molar-refractivity contribution in [2.75, 3.05) is 19.9 Å². The molecule has 0 fully saturated rings. The molecule has 0 unspecified atom stereocenters. The molecule has 0 aromatic carbocycles. The van der Waals surface area contributed by atoms with E-state index in [0.29, 0.717) is 13.3 Å². The second kappa shape index (κ2) is 7.66. The third-order valence-electron chi connectivity index (χ3n) is 0.904. The van der Waals surface area contributed by atoms with Gasteiger partial charge in [-0.1, -0.05) is 19.1 Å². The van der Waals surface area contributed by atoms with Crippen LogP contribution in [0.15, 0.2) is 12.2 Å². The standard InChI is InChI=1S/C7H15NO/c1-3-5-6-9-7-8-4-2/h3,5,8H,4,6-7H2,1-2H3. The van der Waals surface area contributed by atoms with Gasteiger partial charge >= 0.3 is 0 Å². The average Bonchev–Trinajstić information content (AvgIpc) is 1.89. The predicted molar refractivity (Wildman–Crippen MR) is 39.3 cm³/mol. The Morgan fingerprint density at radius 3 is 2.89 bits per heavy atom. The molecule has 0 saturated carbocycles. The van der Waals surface area contributed by atoms with Crippen molar-refractivity contribution in [1.82, 2.24) is 5.32 Å². The van der Waals surface area contributed by atoms with E-state index in [4.69, 9.17) is 4.74 Å². The third kappa shape index (κ3) is 7.66. The summed E-state index contributed by atoms with van der Waals surface area (Å²) in [5.74, 6) is 0. The summed E-state index contributed by atoms with van der Waals surface area (Å²) in [4.78, 5) is 0. The summed E-state index contributed by atoms with van der Waals surface area (Å²) in [7, 11) is 0. The first kappa shape index (κ1) is 8.66. The molecule has 0 aliphatic rings. The van der Waals surface area contributed by atoms with E-state index in [0.717, 1.165) is 6.54 Å². The highest BCUT2D eigenvalue weighted by molar-refractivity contribution is 4.75. The molecule has 0 heterocycles. The van der Waals surface area contributed by atoms with Gasteiger partial charge in [-0.2, -0.15) is 0 Å². The highest BCUT2D eigenvalue weighted by Crippen LogP contribution is 1.73. The number of nitrogens with one attached hydrogen (secondary N) is 1. The van der Waals surface area contributed by atoms with Gasteiger partial charge in [0.25, 0.3) is 0 Å². The molecule has 0 aromatic heterocycles. The van der Waals surface area contributed by atoms with Crippen LogP contribution in [0.3, 0.4) is 0 Å². The minimum Gasteiger partial charge on any atom is -0.362 e. The summed E-state index contributed by atoms with van der Waals surface area (Å²) >= 11 is 0. The van der Waals surface area contributed by atoms with E-state index >= 15 is 0 Å². The van der Waals surface area contributed by atoms with E-state index in [-0.39, 0.29) is 0 Å². The van der Waals surface area contributed by atoms with Gasteiger partial charge < -0.3 is 4.74 Å². The van der Waals surface area contributed by atoms with E-state index in [9.17, 15) is 0 Å². The molecular formula is C7H15NO. The number of rotatable bonds is 5. The summed E-state index contributed by atoms with van der Waals surface area (Å²) in [6.07, 6.45) is 3.96. The number of hydrogen-bond acceptors (Lipinski definition) is 2. The minimum absolute atomic E-state index is 0.654. The molecule has 0 saturated heterocycles. The van der Waals surface area contributed by atoms with E-state index in [2.05, 4.69) is 12.2 Å². The number of ether oxygens (including phenoxy) is 1. The maximum atomic E-state index is 5.12. The van der Waals surface area contributed by atoms with Crippen LogP contribution in [-0.2, 0) is 4.74 Å². The van der Waals surface area contributed by atoms with Gasteiger partial charge in [0.1, 0.15) is 0 Å². The van der Waals surface area contributed by atoms with Crippen LogP contribution in [0.2, 0.25) is 0 Å². The van der Waals surface area contributed by atoms with Crippen molar-refractivity contribution >= 4 is 0 Å². The first-order valence-corrected chi connectivity index (χ1v) is 3.31. The molecule has 0 radical (unpaired) electrons. The molecular weight excluding hydrogens is 114 g/mol. The zero-order chi connectivity index (χ0) is 6.95. The number of allylic oxidation sites excluding steroid dienone is 1. The largest absolute Gasteiger partial charge is 0.362 e. The smallest absolute Gasteiger partial charge is 0.0969 e. The monoisotopic (exact) mass is 129 g/mol. The van der Waals surface area contributed by atoms with Crippen LogP contribution in [0.4, 0.5) is 0 Å². The molecule has 0 atom stereocenters. The lowest BCUT2D eigenvalue weighted by molar-refractivity contribution is 0.144. The highest BCUT2D eigenvalue weighted by Gasteiger charge is 1.77. The molecule has 2 heteroatoms. The van der Waals surface area contributed by atoms with E-state index in [1.165, 1.54) is 0 Å². The summed E-state index contributed by atoms with van der Waals surface area (Å²) in [5, 5.41) is 3.05.